The Labute approximate surface area is 102 Å². The zero-order valence-electron chi connectivity index (χ0n) is 9.33. The molecule has 0 aliphatic carbocycles. The highest BCUT2D eigenvalue weighted by molar-refractivity contribution is 5.94. The van der Waals surface area contributed by atoms with Gasteiger partial charge in [0.2, 0.25) is 0 Å². The maximum Gasteiger partial charge on any atom is 0.270 e. The maximum absolute atomic E-state index is 11.7. The lowest BCUT2D eigenvalue weighted by atomic mass is 10.2. The molecule has 18 heavy (non-hydrogen) atoms. The number of benzene rings is 1. The predicted octanol–water partition coefficient (Wildman–Crippen LogP) is 2.12. The van der Waals surface area contributed by atoms with Gasteiger partial charge in [0.1, 0.15) is 5.76 Å². The molecule has 2 aromatic rings. The van der Waals surface area contributed by atoms with Crippen molar-refractivity contribution in [2.75, 3.05) is 0 Å². The van der Waals surface area contributed by atoms with Crippen molar-refractivity contribution in [1.29, 1.82) is 0 Å². The van der Waals surface area contributed by atoms with Gasteiger partial charge in [0, 0.05) is 17.7 Å². The number of nitro groups is 1. The summed E-state index contributed by atoms with van der Waals surface area (Å²) >= 11 is 0. The van der Waals surface area contributed by atoms with Crippen LogP contribution in [0.15, 0.2) is 47.1 Å². The van der Waals surface area contributed by atoms with Gasteiger partial charge in [0.15, 0.2) is 0 Å². The molecule has 6 nitrogen and oxygen atoms in total. The second-order valence-electron chi connectivity index (χ2n) is 3.57. The summed E-state index contributed by atoms with van der Waals surface area (Å²) in [5.74, 6) is 0.240. The summed E-state index contributed by atoms with van der Waals surface area (Å²) in [6, 6.07) is 9.01. The summed E-state index contributed by atoms with van der Waals surface area (Å²) in [5, 5.41) is 13.2. The molecule has 2 rings (SSSR count). The number of nitrogens with zero attached hydrogens (tertiary/aromatic N) is 1. The number of nitrogens with one attached hydrogen (secondary N) is 1. The van der Waals surface area contributed by atoms with Gasteiger partial charge in [-0.3, -0.25) is 14.9 Å². The molecule has 0 radical (unpaired) electrons. The standard InChI is InChI=1S/C12H10N2O4/c15-12(13-8-11-5-2-6-18-11)9-3-1-4-10(7-9)14(16)17/h1-7H,8H2,(H,13,15). The molecule has 0 spiro atoms. The second kappa shape index (κ2) is 5.13. The molecule has 1 amide bonds. The van der Waals surface area contributed by atoms with Crippen LogP contribution < -0.4 is 5.32 Å². The number of furan rings is 1. The molecule has 92 valence electrons. The molecule has 1 heterocycles. The van der Waals surface area contributed by atoms with Crippen LogP contribution >= 0.6 is 0 Å². The smallest absolute Gasteiger partial charge is 0.270 e. The number of carbonyl (C=O) groups is 1. The summed E-state index contributed by atoms with van der Waals surface area (Å²) in [6.07, 6.45) is 1.51. The lowest BCUT2D eigenvalue weighted by molar-refractivity contribution is -0.384. The first-order chi connectivity index (χ1) is 8.66. The Kier molecular flexibility index (Phi) is 3.38. The molecule has 0 bridgehead atoms. The molecular weight excluding hydrogens is 236 g/mol. The second-order valence-corrected chi connectivity index (χ2v) is 3.57. The molecule has 1 aromatic carbocycles. The minimum Gasteiger partial charge on any atom is -0.467 e. The molecule has 6 heteroatoms. The number of hydrogen-bond acceptors (Lipinski definition) is 4. The van der Waals surface area contributed by atoms with E-state index in [4.69, 9.17) is 4.42 Å². The molecule has 0 saturated heterocycles. The average molecular weight is 246 g/mol. The van der Waals surface area contributed by atoms with Gasteiger partial charge in [0.25, 0.3) is 11.6 Å². The van der Waals surface area contributed by atoms with E-state index in [1.807, 2.05) is 0 Å². The van der Waals surface area contributed by atoms with E-state index in [-0.39, 0.29) is 23.7 Å². The van der Waals surface area contributed by atoms with Crippen LogP contribution in [0.2, 0.25) is 0 Å². The fraction of sp³-hybridized carbons (Fsp3) is 0.0833. The zero-order chi connectivity index (χ0) is 13.0. The first-order valence-electron chi connectivity index (χ1n) is 5.22. The van der Waals surface area contributed by atoms with Crippen molar-refractivity contribution in [3.05, 3.63) is 64.1 Å². The predicted molar refractivity (Wildman–Crippen MR) is 63.0 cm³/mol. The summed E-state index contributed by atoms with van der Waals surface area (Å²) < 4.78 is 5.06. The fourth-order valence-corrected chi connectivity index (χ4v) is 1.44. The van der Waals surface area contributed by atoms with Gasteiger partial charge in [-0.25, -0.2) is 0 Å². The first kappa shape index (κ1) is 11.8. The van der Waals surface area contributed by atoms with Crippen LogP contribution in [0.5, 0.6) is 0 Å². The molecule has 0 unspecified atom stereocenters. The molecule has 0 atom stereocenters. The van der Waals surface area contributed by atoms with Gasteiger partial charge in [-0.2, -0.15) is 0 Å². The Bertz CT molecular complexity index is 563. The van der Waals surface area contributed by atoms with Gasteiger partial charge in [-0.15, -0.1) is 0 Å². The van der Waals surface area contributed by atoms with Crippen molar-refractivity contribution in [2.45, 2.75) is 6.54 Å². The van der Waals surface area contributed by atoms with Crippen molar-refractivity contribution >= 4 is 11.6 Å². The van der Waals surface area contributed by atoms with E-state index in [1.165, 1.54) is 30.5 Å². The van der Waals surface area contributed by atoms with Gasteiger partial charge >= 0.3 is 0 Å². The van der Waals surface area contributed by atoms with Crippen molar-refractivity contribution in [2.24, 2.45) is 0 Å². The highest BCUT2D eigenvalue weighted by Crippen LogP contribution is 2.13. The van der Waals surface area contributed by atoms with Crippen LogP contribution in [0.4, 0.5) is 5.69 Å². The average Bonchev–Trinajstić information content (AvgIpc) is 2.89. The van der Waals surface area contributed by atoms with Crippen molar-refractivity contribution in [3.63, 3.8) is 0 Å². The molecule has 0 saturated carbocycles. The number of hydrogen-bond donors (Lipinski definition) is 1. The van der Waals surface area contributed by atoms with Crippen LogP contribution in [0.25, 0.3) is 0 Å². The molecule has 1 aromatic heterocycles. The highest BCUT2D eigenvalue weighted by Gasteiger charge is 2.11. The van der Waals surface area contributed by atoms with Crippen LogP contribution in [0, 0.1) is 10.1 Å². The van der Waals surface area contributed by atoms with E-state index in [1.54, 1.807) is 12.1 Å². The zero-order valence-corrected chi connectivity index (χ0v) is 9.33. The van der Waals surface area contributed by atoms with Crippen LogP contribution in [0.1, 0.15) is 16.1 Å². The summed E-state index contributed by atoms with van der Waals surface area (Å²) in [5.41, 5.74) is 0.136. The molecule has 0 fully saturated rings. The van der Waals surface area contributed by atoms with Gasteiger partial charge in [-0.05, 0) is 18.2 Å². The van der Waals surface area contributed by atoms with Crippen LogP contribution in [0.3, 0.4) is 0 Å². The van der Waals surface area contributed by atoms with Crippen molar-refractivity contribution in [1.82, 2.24) is 5.32 Å². The third-order valence-electron chi connectivity index (χ3n) is 2.32. The Balaban J connectivity index is 2.04. The minimum atomic E-state index is -0.538. The van der Waals surface area contributed by atoms with E-state index in [0.717, 1.165) is 0 Å². The number of amides is 1. The number of non-ortho nitro benzene ring substituents is 1. The van der Waals surface area contributed by atoms with Crippen LogP contribution in [-0.4, -0.2) is 10.8 Å². The van der Waals surface area contributed by atoms with E-state index in [0.29, 0.717) is 5.76 Å². The van der Waals surface area contributed by atoms with Gasteiger partial charge < -0.3 is 9.73 Å². The Morgan fingerprint density at radius 3 is 2.83 bits per heavy atom. The molecule has 0 aliphatic heterocycles. The molecule has 1 N–H and O–H groups in total. The van der Waals surface area contributed by atoms with E-state index >= 15 is 0 Å². The van der Waals surface area contributed by atoms with Gasteiger partial charge in [-0.1, -0.05) is 6.07 Å². The summed E-state index contributed by atoms with van der Waals surface area (Å²) in [7, 11) is 0. The summed E-state index contributed by atoms with van der Waals surface area (Å²) in [4.78, 5) is 21.8. The van der Waals surface area contributed by atoms with E-state index in [9.17, 15) is 14.9 Å². The third kappa shape index (κ3) is 2.73. The quantitative estimate of drug-likeness (QED) is 0.661. The Morgan fingerprint density at radius 1 is 1.33 bits per heavy atom. The normalized spacial score (nSPS) is 10.0. The van der Waals surface area contributed by atoms with Crippen LogP contribution in [-0.2, 0) is 6.54 Å². The molecular formula is C12H10N2O4. The van der Waals surface area contributed by atoms with Gasteiger partial charge in [0.05, 0.1) is 17.7 Å². The lowest BCUT2D eigenvalue weighted by Gasteiger charge is -2.02. The first-order valence-corrected chi connectivity index (χ1v) is 5.22. The van der Waals surface area contributed by atoms with Crippen molar-refractivity contribution < 1.29 is 14.1 Å². The fourth-order valence-electron chi connectivity index (χ4n) is 1.44. The number of carbonyl (C=O) groups excluding carboxylic acids is 1. The van der Waals surface area contributed by atoms with Crippen molar-refractivity contribution in [3.8, 4) is 0 Å². The summed E-state index contributed by atoms with van der Waals surface area (Å²) in [6.45, 7) is 0.245. The Hall–Kier alpha value is -2.63. The van der Waals surface area contributed by atoms with E-state index < -0.39 is 4.92 Å². The highest BCUT2D eigenvalue weighted by atomic mass is 16.6. The minimum absolute atomic E-state index is 0.111. The number of rotatable bonds is 4. The lowest BCUT2D eigenvalue weighted by Crippen LogP contribution is -2.22. The maximum atomic E-state index is 11.7. The van der Waals surface area contributed by atoms with E-state index in [2.05, 4.69) is 5.32 Å². The third-order valence-corrected chi connectivity index (χ3v) is 2.32. The largest absolute Gasteiger partial charge is 0.467 e. The topological polar surface area (TPSA) is 85.4 Å². The monoisotopic (exact) mass is 246 g/mol. The number of nitro benzene ring substituents is 1. The molecule has 0 aliphatic rings. The Morgan fingerprint density at radius 2 is 2.17 bits per heavy atom. The SMILES string of the molecule is O=C(NCc1ccco1)c1cccc([N+](=O)[O-])c1.